The first-order chi connectivity index (χ1) is 12.1. The van der Waals surface area contributed by atoms with Crippen LogP contribution in [0.15, 0.2) is 78.9 Å². The van der Waals surface area contributed by atoms with E-state index in [1.54, 1.807) is 48.5 Å². The van der Waals surface area contributed by atoms with E-state index in [0.29, 0.717) is 27.5 Å². The summed E-state index contributed by atoms with van der Waals surface area (Å²) in [6.45, 7) is 0. The number of nitrogens with one attached hydrogen (secondary N) is 2. The van der Waals surface area contributed by atoms with E-state index in [1.165, 1.54) is 0 Å². The Hall–Kier alpha value is -3.11. The van der Waals surface area contributed by atoms with Crippen LogP contribution in [0.4, 0.5) is 11.4 Å². The number of para-hydroxylation sites is 1. The van der Waals surface area contributed by atoms with E-state index in [1.807, 2.05) is 30.3 Å². The molecule has 0 unspecified atom stereocenters. The Labute approximate surface area is 150 Å². The van der Waals surface area contributed by atoms with Crippen LogP contribution in [0.25, 0.3) is 0 Å². The van der Waals surface area contributed by atoms with E-state index in [0.717, 1.165) is 0 Å². The Bertz CT molecular complexity index is 910. The van der Waals surface area contributed by atoms with Gasteiger partial charge in [0, 0.05) is 27.5 Å². The second kappa shape index (κ2) is 7.64. The summed E-state index contributed by atoms with van der Waals surface area (Å²) >= 11 is 5.90. The van der Waals surface area contributed by atoms with Gasteiger partial charge in [-0.25, -0.2) is 0 Å². The van der Waals surface area contributed by atoms with Crippen molar-refractivity contribution in [3.63, 3.8) is 0 Å². The lowest BCUT2D eigenvalue weighted by Crippen LogP contribution is -2.14. The molecule has 25 heavy (non-hydrogen) atoms. The SMILES string of the molecule is O=C(Nc1cccc(C(=O)Nc2ccccc2)c1)c1cccc(Cl)c1. The highest BCUT2D eigenvalue weighted by molar-refractivity contribution is 6.31. The summed E-state index contributed by atoms with van der Waals surface area (Å²) in [4.78, 5) is 24.6. The van der Waals surface area contributed by atoms with Crippen LogP contribution in [0.1, 0.15) is 20.7 Å². The number of anilines is 2. The predicted octanol–water partition coefficient (Wildman–Crippen LogP) is 4.84. The first-order valence-electron chi connectivity index (χ1n) is 7.65. The second-order valence-electron chi connectivity index (χ2n) is 5.37. The summed E-state index contributed by atoms with van der Waals surface area (Å²) in [5.74, 6) is -0.534. The molecule has 0 aliphatic heterocycles. The van der Waals surface area contributed by atoms with Crippen LogP contribution in [0, 0.1) is 0 Å². The molecule has 4 nitrogen and oxygen atoms in total. The first-order valence-corrected chi connectivity index (χ1v) is 8.03. The summed E-state index contributed by atoms with van der Waals surface area (Å²) in [5.41, 5.74) is 2.14. The summed E-state index contributed by atoms with van der Waals surface area (Å²) in [5, 5.41) is 6.07. The van der Waals surface area contributed by atoms with Gasteiger partial charge in [0.15, 0.2) is 0 Å². The van der Waals surface area contributed by atoms with E-state index < -0.39 is 0 Å². The number of amides is 2. The minimum absolute atomic E-state index is 0.245. The van der Waals surface area contributed by atoms with Gasteiger partial charge in [0.25, 0.3) is 11.8 Å². The van der Waals surface area contributed by atoms with Crippen LogP contribution < -0.4 is 10.6 Å². The number of carbonyl (C=O) groups excluding carboxylic acids is 2. The van der Waals surface area contributed by atoms with E-state index in [9.17, 15) is 9.59 Å². The first kappa shape index (κ1) is 16.7. The van der Waals surface area contributed by atoms with Gasteiger partial charge >= 0.3 is 0 Å². The van der Waals surface area contributed by atoms with Crippen LogP contribution in [-0.4, -0.2) is 11.8 Å². The molecule has 3 rings (SSSR count). The molecule has 0 fully saturated rings. The van der Waals surface area contributed by atoms with Gasteiger partial charge in [-0.2, -0.15) is 0 Å². The van der Waals surface area contributed by atoms with Crippen molar-refractivity contribution < 1.29 is 9.59 Å². The zero-order chi connectivity index (χ0) is 17.6. The van der Waals surface area contributed by atoms with E-state index in [-0.39, 0.29) is 11.8 Å². The average molecular weight is 351 g/mol. The lowest BCUT2D eigenvalue weighted by atomic mass is 10.1. The smallest absolute Gasteiger partial charge is 0.255 e. The van der Waals surface area contributed by atoms with E-state index >= 15 is 0 Å². The van der Waals surface area contributed by atoms with Crippen LogP contribution in [0.5, 0.6) is 0 Å². The number of carbonyl (C=O) groups is 2. The summed E-state index contributed by atoms with van der Waals surface area (Å²) in [6.07, 6.45) is 0. The third-order valence-electron chi connectivity index (χ3n) is 3.50. The number of hydrogen-bond acceptors (Lipinski definition) is 2. The molecular weight excluding hydrogens is 336 g/mol. The highest BCUT2D eigenvalue weighted by atomic mass is 35.5. The molecule has 0 spiro atoms. The van der Waals surface area contributed by atoms with Crippen LogP contribution in [0.2, 0.25) is 5.02 Å². The Morgan fingerprint density at radius 1 is 0.640 bits per heavy atom. The molecule has 0 saturated heterocycles. The van der Waals surface area contributed by atoms with Gasteiger partial charge in [0.1, 0.15) is 0 Å². The molecule has 124 valence electrons. The maximum absolute atomic E-state index is 12.3. The van der Waals surface area contributed by atoms with Gasteiger partial charge in [-0.05, 0) is 48.5 Å². The molecular formula is C20H15ClN2O2. The minimum atomic E-state index is -0.289. The van der Waals surface area contributed by atoms with Crippen molar-refractivity contribution in [1.29, 1.82) is 0 Å². The molecule has 3 aromatic carbocycles. The topological polar surface area (TPSA) is 58.2 Å². The quantitative estimate of drug-likeness (QED) is 0.707. The van der Waals surface area contributed by atoms with Gasteiger partial charge in [0.05, 0.1) is 0 Å². The number of benzene rings is 3. The van der Waals surface area contributed by atoms with Crippen molar-refractivity contribution in [3.05, 3.63) is 95.0 Å². The van der Waals surface area contributed by atoms with Crippen LogP contribution in [0.3, 0.4) is 0 Å². The van der Waals surface area contributed by atoms with Gasteiger partial charge in [-0.1, -0.05) is 41.9 Å². The molecule has 0 aromatic heterocycles. The predicted molar refractivity (Wildman–Crippen MR) is 100 cm³/mol. The van der Waals surface area contributed by atoms with Gasteiger partial charge in [-0.3, -0.25) is 9.59 Å². The largest absolute Gasteiger partial charge is 0.322 e. The molecule has 0 atom stereocenters. The molecule has 0 aliphatic carbocycles. The number of rotatable bonds is 4. The highest BCUT2D eigenvalue weighted by Gasteiger charge is 2.10. The van der Waals surface area contributed by atoms with Gasteiger partial charge < -0.3 is 10.6 Å². The van der Waals surface area contributed by atoms with Crippen molar-refractivity contribution >= 4 is 34.8 Å². The summed E-state index contributed by atoms with van der Waals surface area (Å²) < 4.78 is 0. The molecule has 2 amide bonds. The third kappa shape index (κ3) is 4.46. The molecule has 0 heterocycles. The normalized spacial score (nSPS) is 10.1. The van der Waals surface area contributed by atoms with Crippen molar-refractivity contribution in [1.82, 2.24) is 0 Å². The Morgan fingerprint density at radius 2 is 1.20 bits per heavy atom. The highest BCUT2D eigenvalue weighted by Crippen LogP contribution is 2.16. The maximum Gasteiger partial charge on any atom is 0.255 e. The van der Waals surface area contributed by atoms with Crippen LogP contribution >= 0.6 is 11.6 Å². The lowest BCUT2D eigenvalue weighted by molar-refractivity contribution is 0.101. The molecule has 3 aromatic rings. The second-order valence-corrected chi connectivity index (χ2v) is 5.80. The van der Waals surface area contributed by atoms with Gasteiger partial charge in [0.2, 0.25) is 0 Å². The molecule has 0 aliphatic rings. The fourth-order valence-corrected chi connectivity index (χ4v) is 2.49. The van der Waals surface area contributed by atoms with E-state index in [4.69, 9.17) is 11.6 Å². The molecule has 0 bridgehead atoms. The van der Waals surface area contributed by atoms with Crippen molar-refractivity contribution in [2.45, 2.75) is 0 Å². The zero-order valence-corrected chi connectivity index (χ0v) is 14.0. The monoisotopic (exact) mass is 350 g/mol. The zero-order valence-electron chi connectivity index (χ0n) is 13.2. The Balaban J connectivity index is 1.73. The standard InChI is InChI=1S/C20H15ClN2O2/c21-16-8-4-6-14(12-16)19(24)23-18-11-5-7-15(13-18)20(25)22-17-9-2-1-3-10-17/h1-13H,(H,22,25)(H,23,24). The minimum Gasteiger partial charge on any atom is -0.322 e. The van der Waals surface area contributed by atoms with E-state index in [2.05, 4.69) is 10.6 Å². The number of hydrogen-bond donors (Lipinski definition) is 2. The Kier molecular flexibility index (Phi) is 5.11. The molecule has 0 radical (unpaired) electrons. The summed E-state index contributed by atoms with van der Waals surface area (Å²) in [6, 6.07) is 22.6. The number of halogens is 1. The van der Waals surface area contributed by atoms with Crippen LogP contribution in [-0.2, 0) is 0 Å². The molecule has 0 saturated carbocycles. The van der Waals surface area contributed by atoms with Gasteiger partial charge in [-0.15, -0.1) is 0 Å². The molecule has 5 heteroatoms. The van der Waals surface area contributed by atoms with Crippen molar-refractivity contribution in [2.75, 3.05) is 10.6 Å². The third-order valence-corrected chi connectivity index (χ3v) is 3.74. The van der Waals surface area contributed by atoms with Crippen molar-refractivity contribution in [3.8, 4) is 0 Å². The molecule has 2 N–H and O–H groups in total. The summed E-state index contributed by atoms with van der Waals surface area (Å²) in [7, 11) is 0. The van der Waals surface area contributed by atoms with Crippen molar-refractivity contribution in [2.24, 2.45) is 0 Å². The maximum atomic E-state index is 12.3. The fraction of sp³-hybridized carbons (Fsp3) is 0. The Morgan fingerprint density at radius 3 is 1.88 bits per heavy atom. The lowest BCUT2D eigenvalue weighted by Gasteiger charge is -2.09. The fourth-order valence-electron chi connectivity index (χ4n) is 2.30. The average Bonchev–Trinajstić information content (AvgIpc) is 2.63.